The van der Waals surface area contributed by atoms with Crippen LogP contribution in [-0.4, -0.2) is 68.3 Å². The van der Waals surface area contributed by atoms with E-state index in [9.17, 15) is 14.7 Å². The van der Waals surface area contributed by atoms with Crippen molar-refractivity contribution < 1.29 is 28.9 Å². The average molecular weight is 467 g/mol. The van der Waals surface area contributed by atoms with Crippen molar-refractivity contribution in [3.63, 3.8) is 0 Å². The van der Waals surface area contributed by atoms with Crippen LogP contribution in [0, 0.1) is 0 Å². The van der Waals surface area contributed by atoms with Crippen LogP contribution in [0.15, 0.2) is 48.0 Å². The molecule has 0 spiro atoms. The van der Waals surface area contributed by atoms with Gasteiger partial charge in [-0.1, -0.05) is 12.1 Å². The molecule has 8 heteroatoms. The molecule has 4 rings (SSSR count). The lowest BCUT2D eigenvalue weighted by Gasteiger charge is -2.26. The fourth-order valence-corrected chi connectivity index (χ4v) is 4.45. The fraction of sp³-hybridized carbons (Fsp3) is 0.385. The number of fused-ring (bicyclic) bond motifs is 1. The van der Waals surface area contributed by atoms with Crippen molar-refractivity contribution in [1.29, 1.82) is 0 Å². The lowest BCUT2D eigenvalue weighted by Crippen LogP contribution is -2.32. The predicted molar refractivity (Wildman–Crippen MR) is 128 cm³/mol. The van der Waals surface area contributed by atoms with Crippen LogP contribution in [0.3, 0.4) is 0 Å². The van der Waals surface area contributed by atoms with Crippen molar-refractivity contribution in [1.82, 2.24) is 4.90 Å². The molecule has 2 aliphatic heterocycles. The molecule has 0 aliphatic carbocycles. The Kier molecular flexibility index (Phi) is 7.07. The van der Waals surface area contributed by atoms with E-state index in [4.69, 9.17) is 14.2 Å². The van der Waals surface area contributed by atoms with E-state index in [-0.39, 0.29) is 24.5 Å². The summed E-state index contributed by atoms with van der Waals surface area (Å²) in [5, 5.41) is 11.2. The van der Waals surface area contributed by atoms with Gasteiger partial charge in [0.05, 0.1) is 18.2 Å². The Morgan fingerprint density at radius 1 is 1.06 bits per heavy atom. The number of aliphatic hydroxyl groups excluding tert-OH is 1. The van der Waals surface area contributed by atoms with Crippen molar-refractivity contribution in [2.45, 2.75) is 19.9 Å². The number of Topliss-reactive ketones (excluding diaryl/α,β-unsaturated/α-hetero) is 1. The zero-order chi connectivity index (χ0) is 24.2. The molecule has 34 heavy (non-hydrogen) atoms. The largest absolute Gasteiger partial charge is 0.507 e. The molecule has 1 unspecified atom stereocenters. The van der Waals surface area contributed by atoms with E-state index in [1.165, 1.54) is 4.90 Å². The number of ether oxygens (including phenoxy) is 3. The summed E-state index contributed by atoms with van der Waals surface area (Å²) in [7, 11) is 1.54. The van der Waals surface area contributed by atoms with Gasteiger partial charge in [0, 0.05) is 38.0 Å². The first-order valence-corrected chi connectivity index (χ1v) is 11.5. The number of likely N-dealkylation sites (tertiary alicyclic amines) is 1. The van der Waals surface area contributed by atoms with Gasteiger partial charge in [0.1, 0.15) is 19.0 Å². The number of carbonyl (C=O) groups excluding carboxylic acids is 2. The number of methoxy groups -OCH3 is 1. The molecule has 0 aromatic heterocycles. The molecule has 0 bridgehead atoms. The van der Waals surface area contributed by atoms with Gasteiger partial charge in [0.15, 0.2) is 11.5 Å². The number of ketones is 1. The van der Waals surface area contributed by atoms with E-state index < -0.39 is 17.7 Å². The number of benzene rings is 2. The smallest absolute Gasteiger partial charge is 0.295 e. The molecule has 1 saturated heterocycles. The summed E-state index contributed by atoms with van der Waals surface area (Å²) in [6.45, 7) is 7.25. The third kappa shape index (κ3) is 4.33. The van der Waals surface area contributed by atoms with Crippen molar-refractivity contribution in [2.75, 3.05) is 51.5 Å². The molecule has 8 nitrogen and oxygen atoms in total. The molecule has 1 amide bonds. The summed E-state index contributed by atoms with van der Waals surface area (Å²) in [6.07, 6.45) is 0. The summed E-state index contributed by atoms with van der Waals surface area (Å²) >= 11 is 0. The zero-order valence-corrected chi connectivity index (χ0v) is 19.7. The molecular weight excluding hydrogens is 436 g/mol. The first-order chi connectivity index (χ1) is 16.5. The average Bonchev–Trinajstić information content (AvgIpc) is 3.12. The van der Waals surface area contributed by atoms with Gasteiger partial charge in [-0.25, -0.2) is 0 Å². The molecule has 2 aromatic rings. The van der Waals surface area contributed by atoms with Crippen LogP contribution in [0.2, 0.25) is 0 Å². The molecule has 0 saturated carbocycles. The minimum Gasteiger partial charge on any atom is -0.507 e. The van der Waals surface area contributed by atoms with Crippen LogP contribution in [0.25, 0.3) is 5.76 Å². The van der Waals surface area contributed by atoms with Crippen molar-refractivity contribution in [2.24, 2.45) is 0 Å². The van der Waals surface area contributed by atoms with Crippen LogP contribution >= 0.6 is 0 Å². The van der Waals surface area contributed by atoms with Crippen molar-refractivity contribution in [3.05, 3.63) is 59.2 Å². The Morgan fingerprint density at radius 3 is 2.38 bits per heavy atom. The van der Waals surface area contributed by atoms with Crippen LogP contribution < -0.4 is 14.4 Å². The Labute approximate surface area is 199 Å². The maximum atomic E-state index is 13.1. The number of anilines is 1. The second kappa shape index (κ2) is 10.2. The van der Waals surface area contributed by atoms with Gasteiger partial charge in [-0.05, 0) is 49.7 Å². The molecule has 2 aromatic carbocycles. The molecule has 1 atom stereocenters. The number of nitrogens with zero attached hydrogens (tertiary/aromatic N) is 2. The lowest BCUT2D eigenvalue weighted by atomic mass is 9.95. The monoisotopic (exact) mass is 466 g/mol. The SMILES string of the molecule is CCN(CC)c1ccc(C2/C(=C(/O)c3ccc4c(c3)OCCO4)C(=O)C(=O)N2CCOC)cc1. The lowest BCUT2D eigenvalue weighted by molar-refractivity contribution is -0.140. The first-order valence-electron chi connectivity index (χ1n) is 11.5. The standard InChI is InChI=1S/C26H30N2O6/c1-4-27(5-2)19-9-6-17(7-10-19)23-22(25(30)26(31)28(23)12-13-32-3)24(29)18-8-11-20-21(16-18)34-15-14-33-20/h6-11,16,23,29H,4-5,12-15H2,1-3H3/b24-22-. The number of aliphatic hydroxyl groups is 1. The predicted octanol–water partition coefficient (Wildman–Crippen LogP) is 3.37. The molecule has 2 heterocycles. The van der Waals surface area contributed by atoms with Gasteiger partial charge < -0.3 is 29.1 Å². The summed E-state index contributed by atoms with van der Waals surface area (Å²) in [5.74, 6) is -0.556. The molecule has 180 valence electrons. The first kappa shape index (κ1) is 23.6. The third-order valence-electron chi connectivity index (χ3n) is 6.23. The van der Waals surface area contributed by atoms with E-state index in [2.05, 4.69) is 18.7 Å². The number of rotatable bonds is 8. The topological polar surface area (TPSA) is 88.5 Å². The number of hydrogen-bond donors (Lipinski definition) is 1. The normalized spacial score (nSPS) is 18.9. The second-order valence-corrected chi connectivity index (χ2v) is 8.11. The Bertz CT molecular complexity index is 1090. The van der Waals surface area contributed by atoms with E-state index >= 15 is 0 Å². The number of amides is 1. The highest BCUT2D eigenvalue weighted by Crippen LogP contribution is 2.41. The Morgan fingerprint density at radius 2 is 1.74 bits per heavy atom. The van der Waals surface area contributed by atoms with Gasteiger partial charge in [-0.15, -0.1) is 0 Å². The van der Waals surface area contributed by atoms with E-state index in [1.54, 1.807) is 25.3 Å². The zero-order valence-electron chi connectivity index (χ0n) is 19.7. The maximum Gasteiger partial charge on any atom is 0.295 e. The minimum absolute atomic E-state index is 0.0494. The summed E-state index contributed by atoms with van der Waals surface area (Å²) in [4.78, 5) is 29.8. The molecular formula is C26H30N2O6. The van der Waals surface area contributed by atoms with Gasteiger partial charge in [-0.3, -0.25) is 9.59 Å². The minimum atomic E-state index is -0.728. The summed E-state index contributed by atoms with van der Waals surface area (Å²) < 4.78 is 16.4. The molecule has 2 aliphatic rings. The van der Waals surface area contributed by atoms with Crippen molar-refractivity contribution in [3.8, 4) is 11.5 Å². The van der Waals surface area contributed by atoms with Crippen molar-refractivity contribution >= 4 is 23.1 Å². The second-order valence-electron chi connectivity index (χ2n) is 8.11. The molecule has 1 fully saturated rings. The van der Waals surface area contributed by atoms with Gasteiger partial charge in [0.25, 0.3) is 11.7 Å². The van der Waals surface area contributed by atoms with Gasteiger partial charge in [-0.2, -0.15) is 0 Å². The highest BCUT2D eigenvalue weighted by atomic mass is 16.6. The highest BCUT2D eigenvalue weighted by Gasteiger charge is 2.46. The maximum absolute atomic E-state index is 13.1. The van der Waals surface area contributed by atoms with Crippen LogP contribution in [0.5, 0.6) is 11.5 Å². The van der Waals surface area contributed by atoms with Crippen LogP contribution in [-0.2, 0) is 14.3 Å². The summed E-state index contributed by atoms with van der Waals surface area (Å²) in [6, 6.07) is 12.0. The van der Waals surface area contributed by atoms with E-state index in [0.29, 0.717) is 30.3 Å². The van der Waals surface area contributed by atoms with Crippen LogP contribution in [0.4, 0.5) is 5.69 Å². The van der Waals surface area contributed by atoms with Gasteiger partial charge in [0.2, 0.25) is 0 Å². The van der Waals surface area contributed by atoms with E-state index in [1.807, 2.05) is 24.3 Å². The third-order valence-corrected chi connectivity index (χ3v) is 6.23. The number of hydrogen-bond acceptors (Lipinski definition) is 7. The Hall–Kier alpha value is -3.52. The van der Waals surface area contributed by atoms with Crippen LogP contribution in [0.1, 0.15) is 31.0 Å². The quantitative estimate of drug-likeness (QED) is 0.363. The fourth-order valence-electron chi connectivity index (χ4n) is 4.45. The molecule has 0 radical (unpaired) electrons. The Balaban J connectivity index is 1.79. The number of carbonyl (C=O) groups is 2. The van der Waals surface area contributed by atoms with Gasteiger partial charge >= 0.3 is 0 Å². The summed E-state index contributed by atoms with van der Waals surface area (Å²) in [5.41, 5.74) is 2.23. The molecule has 1 N–H and O–H groups in total. The van der Waals surface area contributed by atoms with E-state index in [0.717, 1.165) is 24.3 Å². The highest BCUT2D eigenvalue weighted by molar-refractivity contribution is 6.46.